The lowest BCUT2D eigenvalue weighted by Crippen LogP contribution is -2.54. The van der Waals surface area contributed by atoms with E-state index in [4.69, 9.17) is 0 Å². The van der Waals surface area contributed by atoms with E-state index in [1.807, 2.05) is 12.1 Å². The number of likely N-dealkylation sites (tertiary alicyclic amines) is 1. The highest BCUT2D eigenvalue weighted by Gasteiger charge is 2.43. The number of hydrogen-bond acceptors (Lipinski definition) is 4. The summed E-state index contributed by atoms with van der Waals surface area (Å²) in [6.07, 6.45) is 8.24. The minimum atomic E-state index is -0.0225. The molecule has 3 heterocycles. The van der Waals surface area contributed by atoms with Gasteiger partial charge in [-0.25, -0.2) is 4.98 Å². The number of aromatic nitrogens is 1. The molecule has 146 valence electrons. The average Bonchev–Trinajstić information content (AvgIpc) is 3.49. The Labute approximate surface area is 161 Å². The van der Waals surface area contributed by atoms with Crippen molar-refractivity contribution < 1.29 is 9.59 Å². The normalized spacial score (nSPS) is 25.8. The number of amides is 2. The number of pyridine rings is 1. The molecule has 0 N–H and O–H groups in total. The van der Waals surface area contributed by atoms with Crippen molar-refractivity contribution in [1.82, 2.24) is 14.8 Å². The lowest BCUT2D eigenvalue weighted by atomic mass is 9.73. The third kappa shape index (κ3) is 3.94. The fourth-order valence-electron chi connectivity index (χ4n) is 4.58. The zero-order chi connectivity index (χ0) is 19.0. The minimum absolute atomic E-state index is 0.0225. The Morgan fingerprint density at radius 2 is 2.07 bits per heavy atom. The van der Waals surface area contributed by atoms with Crippen LogP contribution < -0.4 is 4.90 Å². The number of piperidine rings is 2. The van der Waals surface area contributed by atoms with E-state index in [0.717, 1.165) is 50.8 Å². The number of rotatable bonds is 4. The maximum Gasteiger partial charge on any atom is 0.254 e. The summed E-state index contributed by atoms with van der Waals surface area (Å²) in [7, 11) is 3.50. The molecule has 2 amide bonds. The van der Waals surface area contributed by atoms with Crippen LogP contribution in [0.5, 0.6) is 0 Å². The topological polar surface area (TPSA) is 56.8 Å². The monoisotopic (exact) mass is 370 g/mol. The SMILES string of the molecule is CN(C)C(=O)c1ccc(N2CCC[C@@]3(CCC(=O)N(CC4CC4)C3)C2)nc1. The number of carbonyl (C=O) groups excluding carboxylic acids is 2. The van der Waals surface area contributed by atoms with Gasteiger partial charge in [-0.1, -0.05) is 0 Å². The maximum atomic E-state index is 12.4. The molecule has 1 saturated carbocycles. The highest BCUT2D eigenvalue weighted by molar-refractivity contribution is 5.93. The first-order valence-corrected chi connectivity index (χ1v) is 10.2. The summed E-state index contributed by atoms with van der Waals surface area (Å²) in [4.78, 5) is 35.0. The molecule has 2 saturated heterocycles. The first-order valence-electron chi connectivity index (χ1n) is 10.2. The summed E-state index contributed by atoms with van der Waals surface area (Å²) in [5, 5.41) is 0. The van der Waals surface area contributed by atoms with Crippen LogP contribution in [-0.4, -0.2) is 66.9 Å². The van der Waals surface area contributed by atoms with Gasteiger partial charge in [0.05, 0.1) is 5.56 Å². The smallest absolute Gasteiger partial charge is 0.254 e. The van der Waals surface area contributed by atoms with Gasteiger partial charge in [-0.15, -0.1) is 0 Å². The Kier molecular flexibility index (Phi) is 4.82. The second-order valence-electron chi connectivity index (χ2n) is 8.85. The second kappa shape index (κ2) is 7.13. The highest BCUT2D eigenvalue weighted by atomic mass is 16.2. The largest absolute Gasteiger partial charge is 0.356 e. The first-order chi connectivity index (χ1) is 13.0. The van der Waals surface area contributed by atoms with Crippen LogP contribution in [0.4, 0.5) is 5.82 Å². The third-order valence-corrected chi connectivity index (χ3v) is 6.31. The van der Waals surface area contributed by atoms with Gasteiger partial charge in [0, 0.05) is 58.3 Å². The molecule has 6 heteroatoms. The van der Waals surface area contributed by atoms with E-state index < -0.39 is 0 Å². The van der Waals surface area contributed by atoms with Crippen LogP contribution in [0.25, 0.3) is 0 Å². The van der Waals surface area contributed by atoms with E-state index in [0.29, 0.717) is 17.9 Å². The van der Waals surface area contributed by atoms with Crippen molar-refractivity contribution in [2.45, 2.75) is 38.5 Å². The summed E-state index contributed by atoms with van der Waals surface area (Å²) in [6.45, 7) is 3.80. The van der Waals surface area contributed by atoms with Gasteiger partial charge < -0.3 is 14.7 Å². The Balaban J connectivity index is 1.45. The van der Waals surface area contributed by atoms with Gasteiger partial charge in [0.2, 0.25) is 5.91 Å². The van der Waals surface area contributed by atoms with Crippen molar-refractivity contribution >= 4 is 17.6 Å². The predicted octanol–water partition coefficient (Wildman–Crippen LogP) is 2.40. The molecule has 27 heavy (non-hydrogen) atoms. The van der Waals surface area contributed by atoms with Gasteiger partial charge in [0.1, 0.15) is 5.82 Å². The molecule has 0 radical (unpaired) electrons. The summed E-state index contributed by atoms with van der Waals surface area (Å²) < 4.78 is 0. The molecule has 1 aromatic rings. The lowest BCUT2D eigenvalue weighted by Gasteiger charge is -2.48. The average molecular weight is 370 g/mol. The van der Waals surface area contributed by atoms with Crippen molar-refractivity contribution in [3.05, 3.63) is 23.9 Å². The van der Waals surface area contributed by atoms with Gasteiger partial charge in [-0.3, -0.25) is 9.59 Å². The fraction of sp³-hybridized carbons (Fsp3) is 0.667. The molecule has 1 atom stereocenters. The molecule has 4 rings (SSSR count). The van der Waals surface area contributed by atoms with Crippen LogP contribution in [0.2, 0.25) is 0 Å². The molecule has 0 unspecified atom stereocenters. The maximum absolute atomic E-state index is 12.4. The Morgan fingerprint density at radius 1 is 1.26 bits per heavy atom. The van der Waals surface area contributed by atoms with Crippen molar-refractivity contribution in [3.8, 4) is 0 Å². The van der Waals surface area contributed by atoms with Gasteiger partial charge >= 0.3 is 0 Å². The number of nitrogens with zero attached hydrogens (tertiary/aromatic N) is 4. The second-order valence-corrected chi connectivity index (χ2v) is 8.85. The Hall–Kier alpha value is -2.11. The highest BCUT2D eigenvalue weighted by Crippen LogP contribution is 2.41. The van der Waals surface area contributed by atoms with E-state index in [2.05, 4.69) is 14.8 Å². The quantitative estimate of drug-likeness (QED) is 0.817. The Bertz CT molecular complexity index is 713. The van der Waals surface area contributed by atoms with Crippen LogP contribution >= 0.6 is 0 Å². The van der Waals surface area contributed by atoms with E-state index >= 15 is 0 Å². The fourth-order valence-corrected chi connectivity index (χ4v) is 4.58. The van der Waals surface area contributed by atoms with Gasteiger partial charge in [0.25, 0.3) is 5.91 Å². The molecular weight excluding hydrogens is 340 g/mol. The molecule has 3 fully saturated rings. The van der Waals surface area contributed by atoms with E-state index in [1.54, 1.807) is 25.2 Å². The van der Waals surface area contributed by atoms with E-state index in [9.17, 15) is 9.59 Å². The molecule has 0 aromatic carbocycles. The van der Waals surface area contributed by atoms with E-state index in [-0.39, 0.29) is 11.3 Å². The van der Waals surface area contributed by atoms with Crippen LogP contribution in [0, 0.1) is 11.3 Å². The number of hydrogen-bond donors (Lipinski definition) is 0. The van der Waals surface area contributed by atoms with Crippen LogP contribution in [0.3, 0.4) is 0 Å². The Morgan fingerprint density at radius 3 is 2.74 bits per heavy atom. The summed E-state index contributed by atoms with van der Waals surface area (Å²) in [5.74, 6) is 2.00. The third-order valence-electron chi connectivity index (χ3n) is 6.31. The molecule has 2 aliphatic heterocycles. The van der Waals surface area contributed by atoms with Gasteiger partial charge in [0.15, 0.2) is 0 Å². The summed E-state index contributed by atoms with van der Waals surface area (Å²) in [5.41, 5.74) is 0.815. The zero-order valence-corrected chi connectivity index (χ0v) is 16.5. The van der Waals surface area contributed by atoms with E-state index in [1.165, 1.54) is 19.3 Å². The predicted molar refractivity (Wildman–Crippen MR) is 105 cm³/mol. The number of carbonyl (C=O) groups is 2. The molecular formula is C21H30N4O2. The minimum Gasteiger partial charge on any atom is -0.356 e. The summed E-state index contributed by atoms with van der Waals surface area (Å²) >= 11 is 0. The molecule has 1 aromatic heterocycles. The molecule has 1 aliphatic carbocycles. The summed E-state index contributed by atoms with van der Waals surface area (Å²) in [6, 6.07) is 3.83. The number of anilines is 1. The first kappa shape index (κ1) is 18.3. The van der Waals surface area contributed by atoms with Crippen molar-refractivity contribution in [2.75, 3.05) is 45.2 Å². The molecule has 0 bridgehead atoms. The standard InChI is InChI=1S/C21H30N4O2/c1-23(2)20(27)17-6-7-18(22-12-17)24-11-3-9-21(14-24)10-8-19(26)25(15-21)13-16-4-5-16/h6-7,12,16H,3-5,8-11,13-15H2,1-2H3/t21-/m1/s1. The van der Waals surface area contributed by atoms with Gasteiger partial charge in [-0.2, -0.15) is 0 Å². The van der Waals surface area contributed by atoms with Crippen LogP contribution in [0.15, 0.2) is 18.3 Å². The lowest BCUT2D eigenvalue weighted by molar-refractivity contribution is -0.138. The zero-order valence-electron chi connectivity index (χ0n) is 16.5. The van der Waals surface area contributed by atoms with Crippen molar-refractivity contribution in [1.29, 1.82) is 0 Å². The van der Waals surface area contributed by atoms with Crippen LogP contribution in [-0.2, 0) is 4.79 Å². The molecule has 1 spiro atoms. The van der Waals surface area contributed by atoms with Crippen molar-refractivity contribution in [3.63, 3.8) is 0 Å². The molecule has 3 aliphatic rings. The molecule has 6 nitrogen and oxygen atoms in total. The van der Waals surface area contributed by atoms with Gasteiger partial charge in [-0.05, 0) is 50.2 Å². The van der Waals surface area contributed by atoms with Crippen molar-refractivity contribution in [2.24, 2.45) is 11.3 Å². The van der Waals surface area contributed by atoms with Crippen LogP contribution in [0.1, 0.15) is 48.9 Å².